The van der Waals surface area contributed by atoms with Crippen LogP contribution in [0.2, 0.25) is 0 Å². The number of hydrogen-bond acceptors (Lipinski definition) is 5. The summed E-state index contributed by atoms with van der Waals surface area (Å²) in [4.78, 5) is 34.8. The van der Waals surface area contributed by atoms with E-state index >= 15 is 0 Å². The van der Waals surface area contributed by atoms with Crippen LogP contribution < -0.4 is 15.4 Å². The second-order valence-electron chi connectivity index (χ2n) is 7.00. The normalized spacial score (nSPS) is 14.5. The summed E-state index contributed by atoms with van der Waals surface area (Å²) in [6.07, 6.45) is -2.48. The molecule has 0 aromatic heterocycles. The van der Waals surface area contributed by atoms with Crippen LogP contribution in [0.5, 0.6) is 11.5 Å². The molecule has 0 aliphatic carbocycles. The number of ether oxygens (including phenoxy) is 2. The van der Waals surface area contributed by atoms with Crippen molar-refractivity contribution in [3.05, 3.63) is 82.9 Å². The first-order valence-electron chi connectivity index (χ1n) is 9.18. The standard InChI is InChI=1S/C22H14N2O7/c25-19-13-3-1-2-4-14(13)22(31-19)15-7-5-11(23-20(26)27)9-17(15)30-18-10-12(24-21(28)29)6-8-16(18)22/h1-10,23-24H,(H,26,27)(H,28,29). The number of benzene rings is 3. The van der Waals surface area contributed by atoms with E-state index in [-0.39, 0.29) is 22.9 Å². The molecule has 2 heterocycles. The third-order valence-electron chi connectivity index (χ3n) is 5.22. The van der Waals surface area contributed by atoms with Gasteiger partial charge in [0.25, 0.3) is 0 Å². The van der Waals surface area contributed by atoms with Crippen molar-refractivity contribution in [2.75, 3.05) is 10.6 Å². The molecule has 9 heteroatoms. The lowest BCUT2D eigenvalue weighted by molar-refractivity contribution is 0.0224. The van der Waals surface area contributed by atoms with Crippen molar-refractivity contribution in [1.29, 1.82) is 0 Å². The number of rotatable bonds is 2. The number of amides is 2. The summed E-state index contributed by atoms with van der Waals surface area (Å²) in [7, 11) is 0. The molecule has 5 rings (SSSR count). The Morgan fingerprint density at radius 3 is 1.87 bits per heavy atom. The van der Waals surface area contributed by atoms with E-state index in [0.29, 0.717) is 22.3 Å². The first-order valence-corrected chi connectivity index (χ1v) is 9.18. The van der Waals surface area contributed by atoms with E-state index < -0.39 is 23.8 Å². The molecule has 0 saturated heterocycles. The molecule has 4 N–H and O–H groups in total. The van der Waals surface area contributed by atoms with Gasteiger partial charge in [-0.15, -0.1) is 0 Å². The second kappa shape index (κ2) is 6.49. The Labute approximate surface area is 174 Å². The molecule has 1 spiro atoms. The van der Waals surface area contributed by atoms with Gasteiger partial charge in [-0.05, 0) is 30.3 Å². The maximum atomic E-state index is 12.7. The summed E-state index contributed by atoms with van der Waals surface area (Å²) in [5.41, 5.74) is 1.27. The van der Waals surface area contributed by atoms with E-state index in [1.807, 2.05) is 0 Å². The van der Waals surface area contributed by atoms with Crippen molar-refractivity contribution in [2.24, 2.45) is 0 Å². The molecule has 154 valence electrons. The van der Waals surface area contributed by atoms with Gasteiger partial charge in [0.1, 0.15) is 11.5 Å². The first kappa shape index (κ1) is 18.5. The zero-order valence-electron chi connectivity index (χ0n) is 15.7. The van der Waals surface area contributed by atoms with Crippen LogP contribution >= 0.6 is 0 Å². The Hall–Kier alpha value is -4.53. The molecule has 0 radical (unpaired) electrons. The molecule has 3 aromatic carbocycles. The van der Waals surface area contributed by atoms with Gasteiger partial charge in [-0.1, -0.05) is 18.2 Å². The van der Waals surface area contributed by atoms with Crippen molar-refractivity contribution >= 4 is 29.5 Å². The molecule has 31 heavy (non-hydrogen) atoms. The Bertz CT molecular complexity index is 1220. The number of hydrogen-bond donors (Lipinski definition) is 4. The minimum Gasteiger partial charge on any atom is -0.465 e. The monoisotopic (exact) mass is 418 g/mol. The SMILES string of the molecule is O=C(O)Nc1ccc2c(c1)Oc1cc(NC(=O)O)ccc1C21OC(=O)c2ccccc21. The van der Waals surface area contributed by atoms with Crippen LogP contribution in [0.25, 0.3) is 0 Å². The Balaban J connectivity index is 1.76. The van der Waals surface area contributed by atoms with Crippen LogP contribution in [0, 0.1) is 0 Å². The summed E-state index contributed by atoms with van der Waals surface area (Å²) in [5.74, 6) is 0.0429. The molecular formula is C22H14N2O7. The Kier molecular flexibility index (Phi) is 3.87. The number of fused-ring (bicyclic) bond motifs is 6. The highest BCUT2D eigenvalue weighted by molar-refractivity contribution is 5.97. The summed E-state index contributed by atoms with van der Waals surface area (Å²) in [6, 6.07) is 16.3. The molecule has 9 nitrogen and oxygen atoms in total. The van der Waals surface area contributed by atoms with Crippen molar-refractivity contribution in [2.45, 2.75) is 5.60 Å². The minimum absolute atomic E-state index is 0.266. The van der Waals surface area contributed by atoms with Gasteiger partial charge in [-0.3, -0.25) is 10.6 Å². The molecule has 3 aromatic rings. The van der Waals surface area contributed by atoms with Crippen LogP contribution in [0.3, 0.4) is 0 Å². The third-order valence-corrected chi connectivity index (χ3v) is 5.22. The third kappa shape index (κ3) is 2.75. The summed E-state index contributed by atoms with van der Waals surface area (Å²) in [5, 5.41) is 22.6. The number of carboxylic acid groups (broad SMARTS) is 2. The lowest BCUT2D eigenvalue weighted by Gasteiger charge is -2.36. The van der Waals surface area contributed by atoms with Crippen molar-refractivity contribution in [1.82, 2.24) is 0 Å². The lowest BCUT2D eigenvalue weighted by Crippen LogP contribution is -2.33. The van der Waals surface area contributed by atoms with E-state index in [4.69, 9.17) is 19.7 Å². The summed E-state index contributed by atoms with van der Waals surface area (Å²) in [6.45, 7) is 0. The number of nitrogens with one attached hydrogen (secondary N) is 2. The number of carbonyl (C=O) groups is 3. The second-order valence-corrected chi connectivity index (χ2v) is 7.00. The largest absolute Gasteiger partial charge is 0.465 e. The fourth-order valence-corrected chi connectivity index (χ4v) is 4.08. The molecule has 2 amide bonds. The average molecular weight is 418 g/mol. The molecule has 0 bridgehead atoms. The van der Waals surface area contributed by atoms with Gasteiger partial charge in [0.05, 0.1) is 5.56 Å². The number of anilines is 2. The Morgan fingerprint density at radius 1 is 0.774 bits per heavy atom. The molecule has 0 unspecified atom stereocenters. The van der Waals surface area contributed by atoms with Crippen LogP contribution in [0.4, 0.5) is 21.0 Å². The van der Waals surface area contributed by atoms with Gasteiger partial charge in [0, 0.05) is 40.2 Å². The van der Waals surface area contributed by atoms with Gasteiger partial charge in [0.15, 0.2) is 5.60 Å². The van der Waals surface area contributed by atoms with Crippen molar-refractivity contribution in [3.8, 4) is 11.5 Å². The molecule has 2 aliphatic heterocycles. The zero-order valence-corrected chi connectivity index (χ0v) is 15.7. The topological polar surface area (TPSA) is 134 Å². The van der Waals surface area contributed by atoms with Crippen molar-refractivity contribution in [3.63, 3.8) is 0 Å². The van der Waals surface area contributed by atoms with E-state index in [1.165, 1.54) is 12.1 Å². The quantitative estimate of drug-likeness (QED) is 0.452. The highest BCUT2D eigenvalue weighted by Crippen LogP contribution is 2.56. The average Bonchev–Trinajstić information content (AvgIpc) is 3.00. The van der Waals surface area contributed by atoms with Gasteiger partial charge in [0.2, 0.25) is 0 Å². The van der Waals surface area contributed by atoms with E-state index in [2.05, 4.69) is 10.6 Å². The fraction of sp³-hybridized carbons (Fsp3) is 0.0455. The van der Waals surface area contributed by atoms with Gasteiger partial charge >= 0.3 is 18.2 Å². The van der Waals surface area contributed by atoms with Crippen LogP contribution in [-0.2, 0) is 10.3 Å². The van der Waals surface area contributed by atoms with Gasteiger partial charge in [-0.2, -0.15) is 0 Å². The van der Waals surface area contributed by atoms with E-state index in [0.717, 1.165) is 0 Å². The van der Waals surface area contributed by atoms with Gasteiger partial charge < -0.3 is 19.7 Å². The zero-order chi connectivity index (χ0) is 21.8. The Morgan fingerprint density at radius 2 is 1.32 bits per heavy atom. The fourth-order valence-electron chi connectivity index (χ4n) is 4.08. The number of esters is 1. The molecule has 2 aliphatic rings. The summed E-state index contributed by atoms with van der Waals surface area (Å²) >= 11 is 0. The maximum Gasteiger partial charge on any atom is 0.409 e. The molecule has 0 saturated carbocycles. The molecule has 0 fully saturated rings. The molecule has 0 atom stereocenters. The predicted octanol–water partition coefficient (Wildman–Crippen LogP) is 4.43. The van der Waals surface area contributed by atoms with Crippen LogP contribution in [0.15, 0.2) is 60.7 Å². The smallest absolute Gasteiger partial charge is 0.409 e. The van der Waals surface area contributed by atoms with Gasteiger partial charge in [-0.25, -0.2) is 14.4 Å². The highest BCUT2D eigenvalue weighted by atomic mass is 16.6. The first-order chi connectivity index (χ1) is 14.9. The van der Waals surface area contributed by atoms with Crippen LogP contribution in [0.1, 0.15) is 27.0 Å². The molecular weight excluding hydrogens is 404 g/mol. The maximum absolute atomic E-state index is 12.7. The number of carbonyl (C=O) groups excluding carboxylic acids is 1. The van der Waals surface area contributed by atoms with E-state index in [9.17, 15) is 14.4 Å². The van der Waals surface area contributed by atoms with E-state index in [1.54, 1.807) is 48.5 Å². The lowest BCUT2D eigenvalue weighted by atomic mass is 9.77. The van der Waals surface area contributed by atoms with Crippen molar-refractivity contribution < 1.29 is 34.1 Å². The minimum atomic E-state index is -1.32. The van der Waals surface area contributed by atoms with Crippen LogP contribution in [-0.4, -0.2) is 28.4 Å². The predicted molar refractivity (Wildman–Crippen MR) is 108 cm³/mol. The summed E-state index contributed by atoms with van der Waals surface area (Å²) < 4.78 is 12.0. The highest BCUT2D eigenvalue weighted by Gasteiger charge is 2.53.